The average Bonchev–Trinajstić information content (AvgIpc) is 2.89. The summed E-state index contributed by atoms with van der Waals surface area (Å²) in [6.07, 6.45) is 4.62. The molecule has 104 valence electrons. The first kappa shape index (κ1) is 13.3. The molecule has 0 spiro atoms. The molecule has 0 aromatic carbocycles. The van der Waals surface area contributed by atoms with Crippen LogP contribution in [-0.4, -0.2) is 42.0 Å². The quantitative estimate of drug-likeness (QED) is 0.905. The molecule has 3 atom stereocenters. The number of nitrogens with zero attached hydrogens (tertiary/aromatic N) is 2. The Hall–Kier alpha value is -0.650. The third kappa shape index (κ3) is 2.78. The van der Waals surface area contributed by atoms with Crippen LogP contribution in [0.4, 0.5) is 5.82 Å². The van der Waals surface area contributed by atoms with E-state index < -0.39 is 0 Å². The van der Waals surface area contributed by atoms with Gasteiger partial charge in [0.2, 0.25) is 0 Å². The van der Waals surface area contributed by atoms with Crippen molar-refractivity contribution in [1.29, 1.82) is 0 Å². The van der Waals surface area contributed by atoms with E-state index in [9.17, 15) is 5.11 Å². The van der Waals surface area contributed by atoms with Crippen LogP contribution >= 0.6 is 15.9 Å². The number of hydrogen-bond acceptors (Lipinski definition) is 4. The monoisotopic (exact) mass is 326 g/mol. The van der Waals surface area contributed by atoms with Gasteiger partial charge in [0.25, 0.3) is 0 Å². The fourth-order valence-corrected chi connectivity index (χ4v) is 3.41. The first-order valence-electron chi connectivity index (χ1n) is 6.90. The number of aromatic nitrogens is 1. The highest BCUT2D eigenvalue weighted by molar-refractivity contribution is 9.10. The van der Waals surface area contributed by atoms with Gasteiger partial charge in [-0.25, -0.2) is 4.98 Å². The Morgan fingerprint density at radius 1 is 1.37 bits per heavy atom. The summed E-state index contributed by atoms with van der Waals surface area (Å²) in [7, 11) is 0. The number of rotatable bonds is 2. The number of pyridine rings is 1. The Bertz CT molecular complexity index is 426. The molecule has 2 saturated heterocycles. The van der Waals surface area contributed by atoms with Crippen molar-refractivity contribution in [3.05, 3.63) is 22.8 Å². The molecule has 1 N–H and O–H groups in total. The lowest BCUT2D eigenvalue weighted by Crippen LogP contribution is -2.46. The molecule has 2 aliphatic rings. The van der Waals surface area contributed by atoms with Gasteiger partial charge in [-0.15, -0.1) is 0 Å². The third-order valence-corrected chi connectivity index (χ3v) is 4.63. The van der Waals surface area contributed by atoms with Gasteiger partial charge in [0.15, 0.2) is 0 Å². The first-order valence-corrected chi connectivity index (χ1v) is 7.69. The molecule has 3 heterocycles. The van der Waals surface area contributed by atoms with Gasteiger partial charge in [0, 0.05) is 35.8 Å². The van der Waals surface area contributed by atoms with Gasteiger partial charge in [0.05, 0.1) is 12.7 Å². The molecule has 0 bridgehead atoms. The van der Waals surface area contributed by atoms with Crippen molar-refractivity contribution in [1.82, 2.24) is 4.98 Å². The molecule has 1 aromatic rings. The highest BCUT2D eigenvalue weighted by Gasteiger charge is 2.38. The number of aliphatic hydroxyl groups excluding tert-OH is 1. The van der Waals surface area contributed by atoms with Gasteiger partial charge in [-0.05, 0) is 47.3 Å². The van der Waals surface area contributed by atoms with Crippen LogP contribution < -0.4 is 4.90 Å². The molecule has 0 saturated carbocycles. The molecule has 2 fully saturated rings. The summed E-state index contributed by atoms with van der Waals surface area (Å²) in [5.41, 5.74) is 0. The molecule has 0 radical (unpaired) electrons. The minimum absolute atomic E-state index is 0.210. The minimum atomic E-state index is -0.241. The predicted octanol–water partition coefficient (Wildman–Crippen LogP) is 2.21. The van der Waals surface area contributed by atoms with Gasteiger partial charge in [0.1, 0.15) is 5.82 Å². The summed E-state index contributed by atoms with van der Waals surface area (Å²) >= 11 is 3.41. The van der Waals surface area contributed by atoms with Crippen LogP contribution in [0, 0.1) is 5.92 Å². The number of ether oxygens (including phenoxy) is 1. The van der Waals surface area contributed by atoms with Crippen molar-refractivity contribution in [2.45, 2.75) is 31.4 Å². The van der Waals surface area contributed by atoms with Crippen LogP contribution in [0.5, 0.6) is 0 Å². The van der Waals surface area contributed by atoms with E-state index in [1.165, 1.54) is 0 Å². The molecule has 0 aliphatic carbocycles. The lowest BCUT2D eigenvalue weighted by molar-refractivity contribution is -0.0438. The summed E-state index contributed by atoms with van der Waals surface area (Å²) in [5.74, 6) is 1.21. The van der Waals surface area contributed by atoms with Crippen molar-refractivity contribution < 1.29 is 9.84 Å². The van der Waals surface area contributed by atoms with Crippen molar-refractivity contribution in [3.8, 4) is 0 Å². The topological polar surface area (TPSA) is 45.6 Å². The fraction of sp³-hybridized carbons (Fsp3) is 0.643. The fourth-order valence-electron chi connectivity index (χ4n) is 3.18. The summed E-state index contributed by atoms with van der Waals surface area (Å²) < 4.78 is 6.55. The van der Waals surface area contributed by atoms with Crippen LogP contribution in [0.25, 0.3) is 0 Å². The number of anilines is 1. The second-order valence-electron chi connectivity index (χ2n) is 5.33. The second kappa shape index (κ2) is 5.77. The maximum atomic E-state index is 10.2. The molecule has 5 heteroatoms. The Morgan fingerprint density at radius 2 is 2.26 bits per heavy atom. The maximum absolute atomic E-state index is 10.2. The number of aliphatic hydroxyl groups is 1. The Labute approximate surface area is 121 Å². The largest absolute Gasteiger partial charge is 0.393 e. The molecule has 19 heavy (non-hydrogen) atoms. The summed E-state index contributed by atoms with van der Waals surface area (Å²) in [6.45, 7) is 2.36. The molecule has 2 aliphatic heterocycles. The zero-order chi connectivity index (χ0) is 13.2. The molecule has 0 unspecified atom stereocenters. The van der Waals surface area contributed by atoms with Crippen LogP contribution in [-0.2, 0) is 4.74 Å². The Balaban J connectivity index is 1.79. The van der Waals surface area contributed by atoms with E-state index in [1.807, 2.05) is 18.3 Å². The minimum Gasteiger partial charge on any atom is -0.393 e. The van der Waals surface area contributed by atoms with Gasteiger partial charge in [-0.1, -0.05) is 0 Å². The van der Waals surface area contributed by atoms with E-state index in [0.717, 1.165) is 36.1 Å². The smallest absolute Gasteiger partial charge is 0.128 e. The molecular formula is C14H19BrN2O2. The van der Waals surface area contributed by atoms with Gasteiger partial charge in [-0.2, -0.15) is 0 Å². The summed E-state index contributed by atoms with van der Waals surface area (Å²) in [4.78, 5) is 6.82. The van der Waals surface area contributed by atoms with E-state index in [1.54, 1.807) is 0 Å². The highest BCUT2D eigenvalue weighted by atomic mass is 79.9. The Morgan fingerprint density at radius 3 is 3.00 bits per heavy atom. The third-order valence-electron chi connectivity index (χ3n) is 4.16. The maximum Gasteiger partial charge on any atom is 0.128 e. The highest BCUT2D eigenvalue weighted by Crippen LogP contribution is 2.32. The molecule has 4 nitrogen and oxygen atoms in total. The summed E-state index contributed by atoms with van der Waals surface area (Å²) in [5, 5.41) is 10.2. The van der Waals surface area contributed by atoms with Gasteiger partial charge < -0.3 is 14.7 Å². The average molecular weight is 327 g/mol. The molecule has 3 rings (SSSR count). The first-order chi connectivity index (χ1) is 9.25. The predicted molar refractivity (Wildman–Crippen MR) is 77.2 cm³/mol. The van der Waals surface area contributed by atoms with Gasteiger partial charge in [-0.3, -0.25) is 0 Å². The van der Waals surface area contributed by atoms with Crippen LogP contribution in [0.3, 0.4) is 0 Å². The zero-order valence-corrected chi connectivity index (χ0v) is 12.4. The number of hydrogen-bond donors (Lipinski definition) is 1. The van der Waals surface area contributed by atoms with Crippen molar-refractivity contribution >= 4 is 21.7 Å². The Kier molecular flexibility index (Phi) is 4.05. The molecular weight excluding hydrogens is 308 g/mol. The van der Waals surface area contributed by atoms with Crippen molar-refractivity contribution in [2.75, 3.05) is 24.7 Å². The van der Waals surface area contributed by atoms with Gasteiger partial charge >= 0.3 is 0 Å². The van der Waals surface area contributed by atoms with Crippen LogP contribution in [0.2, 0.25) is 0 Å². The number of halogens is 1. The van der Waals surface area contributed by atoms with E-state index in [0.29, 0.717) is 19.3 Å². The lowest BCUT2D eigenvalue weighted by atomic mass is 9.89. The SMILES string of the molecule is O[C@@H]1CCOC[C@@H]1[C@@H]1CCCN1c1ccc(Br)cn1. The molecule has 1 aromatic heterocycles. The molecule has 0 amide bonds. The van der Waals surface area contributed by atoms with Crippen LogP contribution in [0.15, 0.2) is 22.8 Å². The van der Waals surface area contributed by atoms with Crippen LogP contribution in [0.1, 0.15) is 19.3 Å². The van der Waals surface area contributed by atoms with Crippen molar-refractivity contribution in [3.63, 3.8) is 0 Å². The van der Waals surface area contributed by atoms with E-state index >= 15 is 0 Å². The van der Waals surface area contributed by atoms with Crippen molar-refractivity contribution in [2.24, 2.45) is 5.92 Å². The zero-order valence-electron chi connectivity index (χ0n) is 10.8. The lowest BCUT2D eigenvalue weighted by Gasteiger charge is -2.37. The van der Waals surface area contributed by atoms with E-state index in [2.05, 4.69) is 25.8 Å². The second-order valence-corrected chi connectivity index (χ2v) is 6.25. The van der Waals surface area contributed by atoms with E-state index in [-0.39, 0.29) is 12.0 Å². The normalized spacial score (nSPS) is 31.7. The van der Waals surface area contributed by atoms with E-state index in [4.69, 9.17) is 4.74 Å². The summed E-state index contributed by atoms with van der Waals surface area (Å²) in [6, 6.07) is 4.41. The standard InChI is InChI=1S/C14H19BrN2O2/c15-10-3-4-14(16-8-10)17-6-1-2-12(17)11-9-19-7-5-13(11)18/h3-4,8,11-13,18H,1-2,5-7,9H2/t11-,12+,13-/m1/s1.